The van der Waals surface area contributed by atoms with Crippen molar-refractivity contribution in [2.24, 2.45) is 0 Å². The van der Waals surface area contributed by atoms with Gasteiger partial charge in [-0.3, -0.25) is 15.1 Å². The average molecular weight is 331 g/mol. The lowest BCUT2D eigenvalue weighted by Gasteiger charge is -2.26. The zero-order valence-electron chi connectivity index (χ0n) is 13.3. The van der Waals surface area contributed by atoms with Crippen molar-refractivity contribution in [2.45, 2.75) is 31.4 Å². The van der Waals surface area contributed by atoms with E-state index in [9.17, 15) is 10.1 Å². The van der Waals surface area contributed by atoms with E-state index in [4.69, 9.17) is 0 Å². The molecular weight excluding hydrogens is 310 g/mol. The number of nitro groups is 1. The van der Waals surface area contributed by atoms with Crippen molar-refractivity contribution in [1.29, 1.82) is 0 Å². The highest BCUT2D eigenvalue weighted by Gasteiger charge is 2.22. The first-order chi connectivity index (χ1) is 11.2. The van der Waals surface area contributed by atoms with Gasteiger partial charge in [0.1, 0.15) is 5.52 Å². The van der Waals surface area contributed by atoms with Crippen LogP contribution in [-0.4, -0.2) is 34.0 Å². The van der Waals surface area contributed by atoms with Crippen LogP contribution < -0.4 is 4.90 Å². The van der Waals surface area contributed by atoms with Crippen LogP contribution in [-0.2, 0) is 0 Å². The van der Waals surface area contributed by atoms with Crippen LogP contribution in [0.2, 0.25) is 0 Å². The fraction of sp³-hybridized carbons (Fsp3) is 0.471. The number of hydrogen-bond donors (Lipinski definition) is 0. The minimum atomic E-state index is -0.327. The lowest BCUT2D eigenvalue weighted by atomic mass is 10.1. The fourth-order valence-electron chi connectivity index (χ4n) is 3.25. The van der Waals surface area contributed by atoms with Crippen LogP contribution in [0.25, 0.3) is 10.9 Å². The van der Waals surface area contributed by atoms with Crippen LogP contribution in [0, 0.1) is 10.1 Å². The van der Waals surface area contributed by atoms with Gasteiger partial charge in [-0.25, -0.2) is 0 Å². The number of nitrogens with zero attached hydrogens (tertiary/aromatic N) is 3. The van der Waals surface area contributed by atoms with Crippen LogP contribution in [0.3, 0.4) is 0 Å². The van der Waals surface area contributed by atoms with E-state index in [0.29, 0.717) is 10.6 Å². The molecule has 1 aliphatic rings. The molecule has 1 fully saturated rings. The van der Waals surface area contributed by atoms with Crippen molar-refractivity contribution in [3.63, 3.8) is 0 Å². The largest absolute Gasteiger partial charge is 0.369 e. The molecule has 1 atom stereocenters. The van der Waals surface area contributed by atoms with Crippen LogP contribution in [0.15, 0.2) is 30.5 Å². The van der Waals surface area contributed by atoms with Gasteiger partial charge < -0.3 is 4.90 Å². The first kappa shape index (κ1) is 16.1. The minimum absolute atomic E-state index is 0.131. The molecule has 1 unspecified atom stereocenters. The Labute approximate surface area is 140 Å². The molecule has 1 saturated heterocycles. The molecule has 0 bridgehead atoms. The second-order valence-corrected chi connectivity index (χ2v) is 7.36. The third kappa shape index (κ3) is 3.42. The number of aromatic nitrogens is 1. The molecule has 1 aliphatic heterocycles. The van der Waals surface area contributed by atoms with Crippen LogP contribution in [0.4, 0.5) is 11.4 Å². The van der Waals surface area contributed by atoms with Gasteiger partial charge in [0.25, 0.3) is 5.69 Å². The second kappa shape index (κ2) is 7.17. The SMILES string of the molecule is CCSC1CCCCN(c2ccc([N+](=O)[O-])c3cccnc23)C1. The van der Waals surface area contributed by atoms with Gasteiger partial charge in [-0.15, -0.1) is 0 Å². The van der Waals surface area contributed by atoms with Crippen molar-refractivity contribution in [1.82, 2.24) is 4.98 Å². The van der Waals surface area contributed by atoms with E-state index in [1.807, 2.05) is 17.8 Å². The maximum Gasteiger partial charge on any atom is 0.278 e. The van der Waals surface area contributed by atoms with Gasteiger partial charge in [-0.1, -0.05) is 13.3 Å². The number of rotatable bonds is 4. The Morgan fingerprint density at radius 3 is 3.04 bits per heavy atom. The van der Waals surface area contributed by atoms with Crippen molar-refractivity contribution in [3.05, 3.63) is 40.6 Å². The molecule has 0 saturated carbocycles. The quantitative estimate of drug-likeness (QED) is 0.619. The standard InChI is InChI=1S/C17H21N3O2S/c1-2-23-13-6-3-4-11-19(12-13)16-9-8-15(20(21)22)14-7-5-10-18-17(14)16/h5,7-10,13H,2-4,6,11-12H2,1H3. The van der Waals surface area contributed by atoms with E-state index >= 15 is 0 Å². The van der Waals surface area contributed by atoms with Crippen molar-refractivity contribution < 1.29 is 4.92 Å². The normalized spacial score (nSPS) is 18.8. The molecule has 6 heteroatoms. The zero-order chi connectivity index (χ0) is 16.2. The third-order valence-corrected chi connectivity index (χ3v) is 5.48. The van der Waals surface area contributed by atoms with Gasteiger partial charge in [-0.05, 0) is 36.8 Å². The molecular formula is C17H21N3O2S. The molecule has 0 spiro atoms. The lowest BCUT2D eigenvalue weighted by molar-refractivity contribution is -0.383. The van der Waals surface area contributed by atoms with Crippen LogP contribution in [0.5, 0.6) is 0 Å². The molecule has 5 nitrogen and oxygen atoms in total. The highest BCUT2D eigenvalue weighted by Crippen LogP contribution is 2.34. The summed E-state index contributed by atoms with van der Waals surface area (Å²) in [5, 5.41) is 12.5. The van der Waals surface area contributed by atoms with Crippen molar-refractivity contribution in [3.8, 4) is 0 Å². The number of benzene rings is 1. The summed E-state index contributed by atoms with van der Waals surface area (Å²) < 4.78 is 0. The van der Waals surface area contributed by atoms with E-state index in [0.717, 1.165) is 36.5 Å². The Bertz CT molecular complexity index is 707. The average Bonchev–Trinajstić information content (AvgIpc) is 2.79. The van der Waals surface area contributed by atoms with E-state index in [2.05, 4.69) is 16.8 Å². The number of hydrogen-bond acceptors (Lipinski definition) is 5. The highest BCUT2D eigenvalue weighted by atomic mass is 32.2. The summed E-state index contributed by atoms with van der Waals surface area (Å²) in [7, 11) is 0. The van der Waals surface area contributed by atoms with Crippen molar-refractivity contribution >= 4 is 34.0 Å². The zero-order valence-corrected chi connectivity index (χ0v) is 14.1. The molecule has 0 amide bonds. The first-order valence-electron chi connectivity index (χ1n) is 8.09. The van der Waals surface area contributed by atoms with Gasteiger partial charge in [0.2, 0.25) is 0 Å². The Hall–Kier alpha value is -1.82. The molecule has 1 aromatic carbocycles. The molecule has 2 aromatic rings. The smallest absolute Gasteiger partial charge is 0.278 e. The minimum Gasteiger partial charge on any atom is -0.369 e. The van der Waals surface area contributed by atoms with Gasteiger partial charge in [0.05, 0.1) is 16.0 Å². The monoisotopic (exact) mass is 331 g/mol. The summed E-state index contributed by atoms with van der Waals surface area (Å²) in [6.45, 7) is 4.18. The number of anilines is 1. The molecule has 2 heterocycles. The topological polar surface area (TPSA) is 59.3 Å². The Morgan fingerprint density at radius 2 is 2.26 bits per heavy atom. The van der Waals surface area contributed by atoms with E-state index in [1.165, 1.54) is 12.8 Å². The van der Waals surface area contributed by atoms with E-state index < -0.39 is 0 Å². The lowest BCUT2D eigenvalue weighted by Crippen LogP contribution is -2.30. The summed E-state index contributed by atoms with van der Waals surface area (Å²) in [5.41, 5.74) is 1.89. The second-order valence-electron chi connectivity index (χ2n) is 5.78. The summed E-state index contributed by atoms with van der Waals surface area (Å²) in [4.78, 5) is 17.7. The molecule has 0 N–H and O–H groups in total. The number of pyridine rings is 1. The predicted octanol–water partition coefficient (Wildman–Crippen LogP) is 4.26. The molecule has 3 rings (SSSR count). The fourth-order valence-corrected chi connectivity index (χ4v) is 4.34. The number of non-ortho nitro benzene ring substituents is 1. The Kier molecular flexibility index (Phi) is 5.00. The van der Waals surface area contributed by atoms with Gasteiger partial charge in [-0.2, -0.15) is 11.8 Å². The molecule has 0 aliphatic carbocycles. The Morgan fingerprint density at radius 1 is 1.39 bits per heavy atom. The number of fused-ring (bicyclic) bond motifs is 1. The molecule has 122 valence electrons. The van der Waals surface area contributed by atoms with Crippen molar-refractivity contribution in [2.75, 3.05) is 23.7 Å². The van der Waals surface area contributed by atoms with Gasteiger partial charge in [0.15, 0.2) is 0 Å². The van der Waals surface area contributed by atoms with E-state index in [-0.39, 0.29) is 10.6 Å². The van der Waals surface area contributed by atoms with Gasteiger partial charge in [0, 0.05) is 30.6 Å². The summed E-state index contributed by atoms with van der Waals surface area (Å²) in [5.74, 6) is 1.12. The summed E-state index contributed by atoms with van der Waals surface area (Å²) in [6.07, 6.45) is 5.36. The molecule has 1 aromatic heterocycles. The maximum atomic E-state index is 11.3. The number of nitro benzene ring substituents is 1. The third-order valence-electron chi connectivity index (χ3n) is 4.29. The van der Waals surface area contributed by atoms with Gasteiger partial charge >= 0.3 is 0 Å². The molecule has 0 radical (unpaired) electrons. The van der Waals surface area contributed by atoms with E-state index in [1.54, 1.807) is 24.4 Å². The van der Waals surface area contributed by atoms with Crippen LogP contribution in [0.1, 0.15) is 26.2 Å². The Balaban J connectivity index is 2.02. The summed E-state index contributed by atoms with van der Waals surface area (Å²) >= 11 is 2.01. The maximum absolute atomic E-state index is 11.3. The molecule has 23 heavy (non-hydrogen) atoms. The van der Waals surface area contributed by atoms with Crippen LogP contribution >= 0.6 is 11.8 Å². The summed E-state index contributed by atoms with van der Waals surface area (Å²) in [6, 6.07) is 7.04. The predicted molar refractivity (Wildman–Crippen MR) is 96.4 cm³/mol. The first-order valence-corrected chi connectivity index (χ1v) is 9.14. The highest BCUT2D eigenvalue weighted by molar-refractivity contribution is 7.99. The number of thioether (sulfide) groups is 1.